The average Bonchev–Trinajstić information content (AvgIpc) is 2.69. The van der Waals surface area contributed by atoms with Crippen molar-refractivity contribution in [1.29, 1.82) is 0 Å². The minimum Gasteiger partial charge on any atom is -0.490 e. The van der Waals surface area contributed by atoms with Gasteiger partial charge in [-0.15, -0.1) is 0 Å². The largest absolute Gasteiger partial charge is 0.490 e. The van der Waals surface area contributed by atoms with E-state index in [2.05, 4.69) is 0 Å². The molecule has 2 heterocycles. The standard InChI is InChI=1S/C20H18F4O5S/c21-11-7-12(22)9-13(8-11)30(26,27)20-4-6-28-17(3-5-25)14(20)10-29-19-16(24)2-1-15(23)18(19)20/h1-2,7-9,14,17,25H,3-6,10H2/t14-,17-,20-/m0/s1. The summed E-state index contributed by atoms with van der Waals surface area (Å²) >= 11 is 0. The second-order valence-corrected chi connectivity index (χ2v) is 9.53. The maximum absolute atomic E-state index is 15.0. The van der Waals surface area contributed by atoms with Gasteiger partial charge in [0.25, 0.3) is 0 Å². The van der Waals surface area contributed by atoms with Crippen molar-refractivity contribution in [3.05, 3.63) is 59.2 Å². The van der Waals surface area contributed by atoms with Crippen LogP contribution in [-0.2, 0) is 19.3 Å². The van der Waals surface area contributed by atoms with Gasteiger partial charge in [-0.2, -0.15) is 0 Å². The molecular formula is C20H18F4O5S. The second-order valence-electron chi connectivity index (χ2n) is 7.32. The summed E-state index contributed by atoms with van der Waals surface area (Å²) in [6.45, 7) is -0.826. The fourth-order valence-electron chi connectivity index (χ4n) is 4.53. The fourth-order valence-corrected chi connectivity index (χ4v) is 6.92. The number of aliphatic hydroxyl groups excluding tert-OH is 1. The molecule has 0 spiro atoms. The van der Waals surface area contributed by atoms with Crippen LogP contribution < -0.4 is 4.74 Å². The van der Waals surface area contributed by atoms with Crippen molar-refractivity contribution in [2.24, 2.45) is 5.92 Å². The molecular weight excluding hydrogens is 428 g/mol. The van der Waals surface area contributed by atoms with E-state index in [9.17, 15) is 26.7 Å². The molecule has 0 radical (unpaired) electrons. The molecule has 0 amide bonds. The summed E-state index contributed by atoms with van der Waals surface area (Å²) < 4.78 is 93.8. The lowest BCUT2D eigenvalue weighted by molar-refractivity contribution is -0.0806. The number of ether oxygens (including phenoxy) is 2. The molecule has 1 fully saturated rings. The van der Waals surface area contributed by atoms with Gasteiger partial charge in [0.15, 0.2) is 21.4 Å². The highest BCUT2D eigenvalue weighted by molar-refractivity contribution is 7.92. The molecule has 10 heteroatoms. The lowest BCUT2D eigenvalue weighted by Gasteiger charge is -2.50. The van der Waals surface area contributed by atoms with Crippen molar-refractivity contribution in [2.75, 3.05) is 19.8 Å². The van der Waals surface area contributed by atoms with Crippen LogP contribution in [0.25, 0.3) is 0 Å². The third-order valence-corrected chi connectivity index (χ3v) is 8.31. The summed E-state index contributed by atoms with van der Waals surface area (Å²) in [6, 6.07) is 3.42. The van der Waals surface area contributed by atoms with E-state index in [1.165, 1.54) is 0 Å². The topological polar surface area (TPSA) is 72.8 Å². The lowest BCUT2D eigenvalue weighted by Crippen LogP contribution is -2.57. The molecule has 0 aliphatic carbocycles. The SMILES string of the molecule is O=S(=O)(c1cc(F)cc(F)c1)[C@@]12CCO[C@@H](CCO)[C@@H]1COc1c(F)ccc(F)c12. The molecule has 3 atom stereocenters. The summed E-state index contributed by atoms with van der Waals surface area (Å²) in [5.74, 6) is -5.79. The zero-order valence-electron chi connectivity index (χ0n) is 15.6. The van der Waals surface area contributed by atoms with Crippen molar-refractivity contribution < 1.29 is 40.6 Å². The highest BCUT2D eigenvalue weighted by atomic mass is 32.2. The predicted molar refractivity (Wildman–Crippen MR) is 96.6 cm³/mol. The van der Waals surface area contributed by atoms with Gasteiger partial charge in [0, 0.05) is 25.2 Å². The second kappa shape index (κ2) is 7.51. The number of sulfone groups is 1. The molecule has 0 saturated carbocycles. The predicted octanol–water partition coefficient (Wildman–Crippen LogP) is 3.09. The summed E-state index contributed by atoms with van der Waals surface area (Å²) in [5, 5.41) is 9.38. The maximum atomic E-state index is 15.0. The summed E-state index contributed by atoms with van der Waals surface area (Å²) in [6.07, 6.45) is -1.11. The molecule has 1 saturated heterocycles. The first-order chi connectivity index (χ1) is 14.2. The highest BCUT2D eigenvalue weighted by Crippen LogP contribution is 2.55. The van der Waals surface area contributed by atoms with Gasteiger partial charge in [0.2, 0.25) is 0 Å². The first kappa shape index (κ1) is 21.1. The van der Waals surface area contributed by atoms with E-state index < -0.39 is 66.1 Å². The van der Waals surface area contributed by atoms with Crippen LogP contribution in [0.2, 0.25) is 0 Å². The third kappa shape index (κ3) is 3.00. The molecule has 162 valence electrons. The number of aliphatic hydroxyl groups is 1. The van der Waals surface area contributed by atoms with E-state index in [1.807, 2.05) is 0 Å². The number of hydrogen-bond acceptors (Lipinski definition) is 5. The van der Waals surface area contributed by atoms with Gasteiger partial charge in [-0.1, -0.05) is 0 Å². The molecule has 1 N–H and O–H groups in total. The molecule has 2 aromatic carbocycles. The molecule has 2 aromatic rings. The van der Waals surface area contributed by atoms with E-state index in [0.29, 0.717) is 18.2 Å². The molecule has 0 bridgehead atoms. The van der Waals surface area contributed by atoms with Crippen molar-refractivity contribution in [2.45, 2.75) is 28.6 Å². The fraction of sp³-hybridized carbons (Fsp3) is 0.400. The molecule has 0 aromatic heterocycles. The Morgan fingerprint density at radius 3 is 2.40 bits per heavy atom. The van der Waals surface area contributed by atoms with E-state index >= 15 is 4.39 Å². The molecule has 2 aliphatic rings. The van der Waals surface area contributed by atoms with Crippen molar-refractivity contribution in [3.63, 3.8) is 0 Å². The third-order valence-electron chi connectivity index (χ3n) is 5.78. The first-order valence-electron chi connectivity index (χ1n) is 9.27. The van der Waals surface area contributed by atoms with Gasteiger partial charge >= 0.3 is 0 Å². The van der Waals surface area contributed by atoms with Crippen LogP contribution in [0.5, 0.6) is 5.75 Å². The lowest BCUT2D eigenvalue weighted by atomic mass is 9.75. The van der Waals surface area contributed by atoms with Crippen LogP contribution in [0.3, 0.4) is 0 Å². The summed E-state index contributed by atoms with van der Waals surface area (Å²) in [5.41, 5.74) is -0.519. The Hall–Kier alpha value is -2.17. The van der Waals surface area contributed by atoms with E-state index in [4.69, 9.17) is 9.47 Å². The smallest absolute Gasteiger partial charge is 0.189 e. The Morgan fingerprint density at radius 1 is 1.07 bits per heavy atom. The minimum atomic E-state index is -4.66. The minimum absolute atomic E-state index is 0.0229. The van der Waals surface area contributed by atoms with E-state index in [-0.39, 0.29) is 32.7 Å². The zero-order chi connectivity index (χ0) is 21.7. The zero-order valence-corrected chi connectivity index (χ0v) is 16.4. The Balaban J connectivity index is 2.04. The summed E-state index contributed by atoms with van der Waals surface area (Å²) in [7, 11) is -4.66. The normalized spacial score (nSPS) is 25.9. The van der Waals surface area contributed by atoms with Crippen LogP contribution in [0.1, 0.15) is 18.4 Å². The number of rotatable bonds is 4. The maximum Gasteiger partial charge on any atom is 0.189 e. The van der Waals surface area contributed by atoms with Gasteiger partial charge in [-0.3, -0.25) is 0 Å². The van der Waals surface area contributed by atoms with E-state index in [0.717, 1.165) is 12.1 Å². The Labute approximate surface area is 170 Å². The van der Waals surface area contributed by atoms with Crippen LogP contribution in [0.4, 0.5) is 17.6 Å². The van der Waals surface area contributed by atoms with Gasteiger partial charge in [-0.25, -0.2) is 26.0 Å². The van der Waals surface area contributed by atoms with Gasteiger partial charge < -0.3 is 14.6 Å². The van der Waals surface area contributed by atoms with Crippen LogP contribution >= 0.6 is 0 Å². The van der Waals surface area contributed by atoms with Crippen molar-refractivity contribution in [3.8, 4) is 5.75 Å². The monoisotopic (exact) mass is 446 g/mol. The average molecular weight is 446 g/mol. The quantitative estimate of drug-likeness (QED) is 0.731. The van der Waals surface area contributed by atoms with Gasteiger partial charge in [0.1, 0.15) is 22.2 Å². The van der Waals surface area contributed by atoms with Gasteiger partial charge in [-0.05, 0) is 37.1 Å². The first-order valence-corrected chi connectivity index (χ1v) is 10.7. The van der Waals surface area contributed by atoms with E-state index in [1.54, 1.807) is 0 Å². The van der Waals surface area contributed by atoms with Crippen molar-refractivity contribution >= 4 is 9.84 Å². The highest BCUT2D eigenvalue weighted by Gasteiger charge is 2.61. The molecule has 4 rings (SSSR count). The molecule has 5 nitrogen and oxygen atoms in total. The number of hydrogen-bond donors (Lipinski definition) is 1. The molecule has 30 heavy (non-hydrogen) atoms. The van der Waals surface area contributed by atoms with Crippen molar-refractivity contribution in [1.82, 2.24) is 0 Å². The Morgan fingerprint density at radius 2 is 1.73 bits per heavy atom. The van der Waals surface area contributed by atoms with Crippen LogP contribution in [0, 0.1) is 29.2 Å². The number of benzene rings is 2. The van der Waals surface area contributed by atoms with Crippen LogP contribution in [-0.4, -0.2) is 39.4 Å². The Bertz CT molecular complexity index is 1070. The van der Waals surface area contributed by atoms with Gasteiger partial charge in [0.05, 0.1) is 23.2 Å². The molecule has 0 unspecified atom stereocenters. The number of fused-ring (bicyclic) bond motifs is 3. The number of halogens is 4. The summed E-state index contributed by atoms with van der Waals surface area (Å²) in [4.78, 5) is -0.689. The van der Waals surface area contributed by atoms with Crippen LogP contribution in [0.15, 0.2) is 35.2 Å². The molecule has 2 aliphatic heterocycles. The Kier molecular flexibility index (Phi) is 5.27.